The van der Waals surface area contributed by atoms with Gasteiger partial charge in [-0.3, -0.25) is 0 Å². The first kappa shape index (κ1) is 16.2. The Balaban J connectivity index is 2.84. The van der Waals surface area contributed by atoms with Crippen LogP contribution in [-0.4, -0.2) is 42.4 Å². The molecule has 0 saturated carbocycles. The second-order valence-corrected chi connectivity index (χ2v) is 4.56. The Morgan fingerprint density at radius 3 is 2.80 bits per heavy atom. The summed E-state index contributed by atoms with van der Waals surface area (Å²) in [5.74, 6) is -0.0840. The number of anilines is 1. The molecule has 0 bridgehead atoms. The average Bonchev–Trinajstić information content (AvgIpc) is 2.46. The largest absolute Gasteiger partial charge is 0.478 e. The number of ether oxygens (including phenoxy) is 1. The topological polar surface area (TPSA) is 62.7 Å². The molecule has 1 heterocycles. The molecule has 110 valence electrons. The number of aromatic nitrogens is 1. The van der Waals surface area contributed by atoms with E-state index in [0.29, 0.717) is 12.6 Å². The van der Waals surface area contributed by atoms with Gasteiger partial charge in [-0.25, -0.2) is 9.78 Å². The summed E-state index contributed by atoms with van der Waals surface area (Å²) in [5, 5.41) is 8.59. The molecule has 0 aliphatic carbocycles. The highest BCUT2D eigenvalue weighted by Crippen LogP contribution is 2.16. The summed E-state index contributed by atoms with van der Waals surface area (Å²) in [5.41, 5.74) is 0.770. The van der Waals surface area contributed by atoms with Gasteiger partial charge in [0, 0.05) is 32.0 Å². The van der Waals surface area contributed by atoms with Gasteiger partial charge < -0.3 is 14.7 Å². The number of carbonyl (C=O) groups is 1. The molecule has 1 N–H and O–H groups in total. The van der Waals surface area contributed by atoms with E-state index in [-0.39, 0.29) is 0 Å². The molecule has 0 aliphatic heterocycles. The maximum absolute atomic E-state index is 10.5. The molecule has 0 radical (unpaired) electrons. The molecule has 20 heavy (non-hydrogen) atoms. The molecule has 0 amide bonds. The molecule has 0 fully saturated rings. The van der Waals surface area contributed by atoms with Gasteiger partial charge in [-0.2, -0.15) is 0 Å². The highest BCUT2D eigenvalue weighted by Gasteiger charge is 2.13. The molecular weight excluding hydrogens is 256 g/mol. The smallest absolute Gasteiger partial charge is 0.328 e. The summed E-state index contributed by atoms with van der Waals surface area (Å²) < 4.78 is 5.13. The van der Waals surface area contributed by atoms with Crippen molar-refractivity contribution in [3.63, 3.8) is 0 Å². The van der Waals surface area contributed by atoms with E-state index in [2.05, 4.69) is 23.7 Å². The fourth-order valence-electron chi connectivity index (χ4n) is 1.80. The number of carboxylic acids is 1. The van der Waals surface area contributed by atoms with Crippen LogP contribution in [0.15, 0.2) is 24.4 Å². The van der Waals surface area contributed by atoms with Gasteiger partial charge in [0.1, 0.15) is 5.82 Å². The standard InChI is InChI=1S/C15H22N2O3/c1-4-12(2)17(9-10-20-3)14-7-5-13(11-16-14)6-8-15(18)19/h5-8,11-12H,4,9-10H2,1-3H3,(H,18,19)/b8-6+. The lowest BCUT2D eigenvalue weighted by molar-refractivity contribution is -0.131. The van der Waals surface area contributed by atoms with Crippen LogP contribution in [0.5, 0.6) is 0 Å². The fraction of sp³-hybridized carbons (Fsp3) is 0.467. The van der Waals surface area contributed by atoms with E-state index in [9.17, 15) is 4.79 Å². The Morgan fingerprint density at radius 1 is 1.55 bits per heavy atom. The summed E-state index contributed by atoms with van der Waals surface area (Å²) in [7, 11) is 1.68. The number of hydrogen-bond donors (Lipinski definition) is 1. The van der Waals surface area contributed by atoms with Crippen molar-refractivity contribution in [3.05, 3.63) is 30.0 Å². The van der Waals surface area contributed by atoms with E-state index in [1.165, 1.54) is 6.08 Å². The number of carboxylic acid groups (broad SMARTS) is 1. The number of aliphatic carboxylic acids is 1. The third-order valence-corrected chi connectivity index (χ3v) is 3.14. The normalized spacial score (nSPS) is 12.6. The predicted octanol–water partition coefficient (Wildman–Crippen LogP) is 2.43. The van der Waals surface area contributed by atoms with Gasteiger partial charge in [0.2, 0.25) is 0 Å². The summed E-state index contributed by atoms with van der Waals surface area (Å²) in [6.07, 6.45) is 5.33. The van der Waals surface area contributed by atoms with Crippen LogP contribution >= 0.6 is 0 Å². The Bertz CT molecular complexity index is 443. The average molecular weight is 278 g/mol. The quantitative estimate of drug-likeness (QED) is 0.740. The molecule has 0 spiro atoms. The van der Waals surface area contributed by atoms with Crippen molar-refractivity contribution < 1.29 is 14.6 Å². The molecule has 1 rings (SSSR count). The minimum absolute atomic E-state index is 0.373. The van der Waals surface area contributed by atoms with E-state index in [1.807, 2.05) is 12.1 Å². The van der Waals surface area contributed by atoms with Crippen LogP contribution in [-0.2, 0) is 9.53 Å². The molecule has 1 unspecified atom stereocenters. The minimum atomic E-state index is -0.963. The zero-order valence-corrected chi connectivity index (χ0v) is 12.2. The molecule has 5 heteroatoms. The first-order valence-corrected chi connectivity index (χ1v) is 6.71. The van der Waals surface area contributed by atoms with E-state index in [0.717, 1.165) is 30.4 Å². The molecule has 0 saturated heterocycles. The number of nitrogens with zero attached hydrogens (tertiary/aromatic N) is 2. The Labute approximate surface area is 119 Å². The first-order chi connectivity index (χ1) is 9.58. The van der Waals surface area contributed by atoms with E-state index in [1.54, 1.807) is 13.3 Å². The zero-order valence-electron chi connectivity index (χ0n) is 12.2. The fourth-order valence-corrected chi connectivity index (χ4v) is 1.80. The van der Waals surface area contributed by atoms with Crippen LogP contribution in [0, 0.1) is 0 Å². The van der Waals surface area contributed by atoms with Crippen molar-refractivity contribution in [2.24, 2.45) is 0 Å². The second-order valence-electron chi connectivity index (χ2n) is 4.56. The third-order valence-electron chi connectivity index (χ3n) is 3.14. The Kier molecular flexibility index (Phi) is 6.73. The second kappa shape index (κ2) is 8.32. The summed E-state index contributed by atoms with van der Waals surface area (Å²) in [6, 6.07) is 4.14. The van der Waals surface area contributed by atoms with Crippen LogP contribution < -0.4 is 4.90 Å². The number of hydrogen-bond acceptors (Lipinski definition) is 4. The van der Waals surface area contributed by atoms with Crippen molar-refractivity contribution in [2.75, 3.05) is 25.2 Å². The SMILES string of the molecule is CCC(C)N(CCOC)c1ccc(/C=C/C(=O)O)cn1. The molecular formula is C15H22N2O3. The van der Waals surface area contributed by atoms with Gasteiger partial charge >= 0.3 is 5.97 Å². The molecule has 1 aromatic heterocycles. The van der Waals surface area contributed by atoms with Crippen LogP contribution in [0.2, 0.25) is 0 Å². The van der Waals surface area contributed by atoms with Gasteiger partial charge in [-0.15, -0.1) is 0 Å². The van der Waals surface area contributed by atoms with Crippen molar-refractivity contribution in [1.82, 2.24) is 4.98 Å². The van der Waals surface area contributed by atoms with Gasteiger partial charge in [0.15, 0.2) is 0 Å². The van der Waals surface area contributed by atoms with Crippen LogP contribution in [0.1, 0.15) is 25.8 Å². The summed E-state index contributed by atoms with van der Waals surface area (Å²) in [6.45, 7) is 5.71. The van der Waals surface area contributed by atoms with E-state index >= 15 is 0 Å². The summed E-state index contributed by atoms with van der Waals surface area (Å²) >= 11 is 0. The lowest BCUT2D eigenvalue weighted by atomic mass is 10.2. The molecule has 1 atom stereocenters. The maximum atomic E-state index is 10.5. The lowest BCUT2D eigenvalue weighted by Crippen LogP contribution is -2.36. The third kappa shape index (κ3) is 5.01. The number of pyridine rings is 1. The van der Waals surface area contributed by atoms with Crippen LogP contribution in [0.3, 0.4) is 0 Å². The molecule has 1 aromatic rings. The summed E-state index contributed by atoms with van der Waals surface area (Å²) in [4.78, 5) is 17.1. The van der Waals surface area contributed by atoms with Gasteiger partial charge in [0.05, 0.1) is 6.61 Å². The molecule has 5 nitrogen and oxygen atoms in total. The number of rotatable bonds is 8. The maximum Gasteiger partial charge on any atom is 0.328 e. The van der Waals surface area contributed by atoms with E-state index in [4.69, 9.17) is 9.84 Å². The van der Waals surface area contributed by atoms with Crippen molar-refractivity contribution in [3.8, 4) is 0 Å². The van der Waals surface area contributed by atoms with Crippen LogP contribution in [0.4, 0.5) is 5.82 Å². The lowest BCUT2D eigenvalue weighted by Gasteiger charge is -2.29. The van der Waals surface area contributed by atoms with E-state index < -0.39 is 5.97 Å². The Hall–Kier alpha value is -1.88. The highest BCUT2D eigenvalue weighted by molar-refractivity contribution is 5.85. The highest BCUT2D eigenvalue weighted by atomic mass is 16.5. The van der Waals surface area contributed by atoms with Gasteiger partial charge in [-0.05, 0) is 37.1 Å². The first-order valence-electron chi connectivity index (χ1n) is 6.71. The monoisotopic (exact) mass is 278 g/mol. The zero-order chi connectivity index (χ0) is 15.0. The van der Waals surface area contributed by atoms with Crippen molar-refractivity contribution in [1.29, 1.82) is 0 Å². The Morgan fingerprint density at radius 2 is 2.30 bits per heavy atom. The minimum Gasteiger partial charge on any atom is -0.478 e. The predicted molar refractivity (Wildman–Crippen MR) is 79.9 cm³/mol. The van der Waals surface area contributed by atoms with Gasteiger partial charge in [-0.1, -0.05) is 6.92 Å². The van der Waals surface area contributed by atoms with Gasteiger partial charge in [0.25, 0.3) is 0 Å². The molecule has 0 aliphatic rings. The van der Waals surface area contributed by atoms with Crippen LogP contribution in [0.25, 0.3) is 6.08 Å². The molecule has 0 aromatic carbocycles. The van der Waals surface area contributed by atoms with Crippen molar-refractivity contribution in [2.45, 2.75) is 26.3 Å². The van der Waals surface area contributed by atoms with Crippen molar-refractivity contribution >= 4 is 17.9 Å². The number of methoxy groups -OCH3 is 1.